The summed E-state index contributed by atoms with van der Waals surface area (Å²) in [5, 5.41) is 16.7. The van der Waals surface area contributed by atoms with E-state index in [1.807, 2.05) is 42.5 Å². The molecule has 0 atom stereocenters. The molecule has 1 aliphatic rings. The molecule has 3 aromatic rings. The maximum atomic E-state index is 12.2. The molecule has 102 valence electrons. The number of amides is 1. The van der Waals surface area contributed by atoms with Gasteiger partial charge in [-0.15, -0.1) is 5.10 Å². The van der Waals surface area contributed by atoms with Crippen LogP contribution in [0.2, 0.25) is 0 Å². The first-order valence-corrected chi connectivity index (χ1v) is 7.09. The van der Waals surface area contributed by atoms with Crippen LogP contribution < -0.4 is 5.32 Å². The highest BCUT2D eigenvalue weighted by Gasteiger charge is 2.20. The summed E-state index contributed by atoms with van der Waals surface area (Å²) in [6.45, 7) is 0. The Bertz CT molecular complexity index is 831. The van der Waals surface area contributed by atoms with Gasteiger partial charge in [-0.3, -0.25) is 4.79 Å². The van der Waals surface area contributed by atoms with Crippen LogP contribution in [0, 0.1) is 0 Å². The third-order valence-electron chi connectivity index (χ3n) is 3.20. The molecule has 1 aliphatic heterocycles. The second kappa shape index (κ2) is 4.71. The number of H-pyrrole nitrogens is 1. The van der Waals surface area contributed by atoms with Crippen LogP contribution in [-0.4, -0.2) is 26.5 Å². The van der Waals surface area contributed by atoms with Gasteiger partial charge in [0, 0.05) is 15.4 Å². The topological polar surface area (TPSA) is 83.6 Å². The van der Waals surface area contributed by atoms with Gasteiger partial charge < -0.3 is 5.32 Å². The van der Waals surface area contributed by atoms with E-state index in [2.05, 4.69) is 25.9 Å². The quantitative estimate of drug-likeness (QED) is 0.721. The zero-order valence-corrected chi connectivity index (χ0v) is 11.5. The summed E-state index contributed by atoms with van der Waals surface area (Å²) in [5.41, 5.74) is 2.35. The van der Waals surface area contributed by atoms with E-state index in [1.165, 1.54) is 0 Å². The Morgan fingerprint density at radius 3 is 2.81 bits per heavy atom. The molecular formula is C14H9N5OS. The standard InChI is InChI=1S/C14H9N5OS/c20-14-9-3-1-2-4-11(9)21-12-7-8(5-6-10(12)15-14)13-16-18-19-17-13/h1-7H,(H,15,20)(H,16,17,18,19). The molecule has 1 amide bonds. The molecular weight excluding hydrogens is 286 g/mol. The fourth-order valence-electron chi connectivity index (χ4n) is 2.19. The lowest BCUT2D eigenvalue weighted by Gasteiger charge is -2.07. The van der Waals surface area contributed by atoms with Crippen LogP contribution in [0.5, 0.6) is 0 Å². The number of benzene rings is 2. The van der Waals surface area contributed by atoms with Gasteiger partial charge in [0.05, 0.1) is 11.3 Å². The van der Waals surface area contributed by atoms with Crippen molar-refractivity contribution < 1.29 is 4.79 Å². The van der Waals surface area contributed by atoms with Crippen molar-refractivity contribution >= 4 is 23.4 Å². The number of nitrogens with zero attached hydrogens (tertiary/aromatic N) is 3. The summed E-state index contributed by atoms with van der Waals surface area (Å²) in [4.78, 5) is 14.1. The van der Waals surface area contributed by atoms with Crippen molar-refractivity contribution in [3.05, 3.63) is 48.0 Å². The SMILES string of the molecule is O=C1Nc2ccc(-c3nnn[nH]3)cc2Sc2ccccc21. The van der Waals surface area contributed by atoms with Crippen LogP contribution in [0.15, 0.2) is 52.3 Å². The Labute approximate surface area is 124 Å². The number of carbonyl (C=O) groups excluding carboxylic acids is 1. The normalized spacial score (nSPS) is 13.0. The highest BCUT2D eigenvalue weighted by molar-refractivity contribution is 7.99. The number of rotatable bonds is 1. The van der Waals surface area contributed by atoms with E-state index in [4.69, 9.17) is 0 Å². The Balaban J connectivity index is 1.84. The molecule has 21 heavy (non-hydrogen) atoms. The van der Waals surface area contributed by atoms with E-state index < -0.39 is 0 Å². The first-order valence-electron chi connectivity index (χ1n) is 6.27. The minimum Gasteiger partial charge on any atom is -0.321 e. The van der Waals surface area contributed by atoms with Gasteiger partial charge in [0.25, 0.3) is 5.91 Å². The van der Waals surface area contributed by atoms with Gasteiger partial charge in [0.1, 0.15) is 0 Å². The Hall–Kier alpha value is -2.67. The van der Waals surface area contributed by atoms with Crippen LogP contribution in [0.1, 0.15) is 10.4 Å². The average molecular weight is 295 g/mol. The summed E-state index contributed by atoms with van der Waals surface area (Å²) < 4.78 is 0. The molecule has 0 fully saturated rings. The molecule has 2 N–H and O–H groups in total. The number of aromatic nitrogens is 4. The Kier molecular flexibility index (Phi) is 2.71. The average Bonchev–Trinajstić information content (AvgIpc) is 2.99. The maximum absolute atomic E-state index is 12.2. The van der Waals surface area contributed by atoms with Crippen molar-refractivity contribution in [1.29, 1.82) is 0 Å². The molecule has 0 aliphatic carbocycles. The summed E-state index contributed by atoms with van der Waals surface area (Å²) in [5.74, 6) is 0.508. The lowest BCUT2D eigenvalue weighted by Crippen LogP contribution is -2.11. The second-order valence-corrected chi connectivity index (χ2v) is 5.60. The summed E-state index contributed by atoms with van der Waals surface area (Å²) in [6.07, 6.45) is 0. The monoisotopic (exact) mass is 295 g/mol. The second-order valence-electron chi connectivity index (χ2n) is 4.51. The number of fused-ring (bicyclic) bond motifs is 2. The number of anilines is 1. The zero-order valence-electron chi connectivity index (χ0n) is 10.7. The molecule has 0 saturated carbocycles. The molecule has 0 saturated heterocycles. The van der Waals surface area contributed by atoms with Crippen molar-refractivity contribution in [1.82, 2.24) is 20.6 Å². The van der Waals surface area contributed by atoms with Crippen LogP contribution in [0.4, 0.5) is 5.69 Å². The molecule has 0 unspecified atom stereocenters. The van der Waals surface area contributed by atoms with Gasteiger partial charge in [0.15, 0.2) is 5.82 Å². The van der Waals surface area contributed by atoms with E-state index >= 15 is 0 Å². The van der Waals surface area contributed by atoms with E-state index in [-0.39, 0.29) is 5.91 Å². The summed E-state index contributed by atoms with van der Waals surface area (Å²) in [6, 6.07) is 13.3. The van der Waals surface area contributed by atoms with E-state index in [1.54, 1.807) is 11.8 Å². The van der Waals surface area contributed by atoms with Crippen molar-refractivity contribution in [2.45, 2.75) is 9.79 Å². The van der Waals surface area contributed by atoms with E-state index in [9.17, 15) is 4.79 Å². The van der Waals surface area contributed by atoms with Gasteiger partial charge >= 0.3 is 0 Å². The molecule has 0 bridgehead atoms. The number of tetrazole rings is 1. The minimum atomic E-state index is -0.0917. The van der Waals surface area contributed by atoms with Gasteiger partial charge in [0.2, 0.25) is 0 Å². The van der Waals surface area contributed by atoms with Gasteiger partial charge in [-0.05, 0) is 40.8 Å². The highest BCUT2D eigenvalue weighted by Crippen LogP contribution is 2.40. The summed E-state index contributed by atoms with van der Waals surface area (Å²) >= 11 is 1.55. The number of hydrogen-bond acceptors (Lipinski definition) is 5. The van der Waals surface area contributed by atoms with Crippen molar-refractivity contribution in [2.75, 3.05) is 5.32 Å². The third-order valence-corrected chi connectivity index (χ3v) is 4.33. The predicted molar refractivity (Wildman–Crippen MR) is 78.1 cm³/mol. The Morgan fingerprint density at radius 1 is 1.05 bits per heavy atom. The molecule has 0 radical (unpaired) electrons. The first kappa shape index (κ1) is 12.1. The number of nitrogens with one attached hydrogen (secondary N) is 2. The lowest BCUT2D eigenvalue weighted by atomic mass is 10.2. The van der Waals surface area contributed by atoms with Gasteiger partial charge in [-0.1, -0.05) is 23.9 Å². The van der Waals surface area contributed by atoms with Crippen LogP contribution in [0.25, 0.3) is 11.4 Å². The van der Waals surface area contributed by atoms with E-state index in [0.717, 1.165) is 21.0 Å². The van der Waals surface area contributed by atoms with E-state index in [0.29, 0.717) is 11.4 Å². The van der Waals surface area contributed by atoms with Crippen LogP contribution in [0.3, 0.4) is 0 Å². The van der Waals surface area contributed by atoms with Crippen molar-refractivity contribution in [3.8, 4) is 11.4 Å². The Morgan fingerprint density at radius 2 is 1.95 bits per heavy atom. The lowest BCUT2D eigenvalue weighted by molar-refractivity contribution is 0.102. The van der Waals surface area contributed by atoms with Gasteiger partial charge in [-0.25, -0.2) is 5.10 Å². The molecule has 4 rings (SSSR count). The minimum absolute atomic E-state index is 0.0917. The zero-order chi connectivity index (χ0) is 14.2. The van der Waals surface area contributed by atoms with Crippen molar-refractivity contribution in [3.63, 3.8) is 0 Å². The highest BCUT2D eigenvalue weighted by atomic mass is 32.2. The van der Waals surface area contributed by atoms with Crippen LogP contribution in [-0.2, 0) is 0 Å². The first-order chi connectivity index (χ1) is 10.3. The molecule has 0 spiro atoms. The largest absolute Gasteiger partial charge is 0.321 e. The number of carbonyl (C=O) groups is 1. The van der Waals surface area contributed by atoms with Crippen LogP contribution >= 0.6 is 11.8 Å². The summed E-state index contributed by atoms with van der Waals surface area (Å²) in [7, 11) is 0. The van der Waals surface area contributed by atoms with Gasteiger partial charge in [-0.2, -0.15) is 0 Å². The molecule has 7 heteroatoms. The fourth-order valence-corrected chi connectivity index (χ4v) is 3.26. The molecule has 1 aromatic heterocycles. The third kappa shape index (κ3) is 2.07. The smallest absolute Gasteiger partial charge is 0.256 e. The van der Waals surface area contributed by atoms with Crippen molar-refractivity contribution in [2.24, 2.45) is 0 Å². The number of aromatic amines is 1. The molecule has 6 nitrogen and oxygen atoms in total. The predicted octanol–water partition coefficient (Wildman–Crippen LogP) is 2.58. The maximum Gasteiger partial charge on any atom is 0.256 e. The molecule has 2 aromatic carbocycles. The molecule has 2 heterocycles. The fraction of sp³-hybridized carbons (Fsp3) is 0. The number of hydrogen-bond donors (Lipinski definition) is 2.